The molecule has 0 saturated heterocycles. The van der Waals surface area contributed by atoms with Crippen LogP contribution in [0, 0.1) is 17.0 Å². The zero-order valence-electron chi connectivity index (χ0n) is 8.91. The molecule has 0 aliphatic heterocycles. The van der Waals surface area contributed by atoms with Crippen molar-refractivity contribution in [2.45, 2.75) is 6.92 Å². The first-order chi connectivity index (χ1) is 8.08. The lowest BCUT2D eigenvalue weighted by Gasteiger charge is -1.96. The summed E-state index contributed by atoms with van der Waals surface area (Å²) in [5, 5.41) is 10.4. The van der Waals surface area contributed by atoms with E-state index in [0.717, 1.165) is 0 Å². The molecule has 0 radical (unpaired) electrons. The normalized spacial score (nSPS) is 10.2. The molecule has 0 fully saturated rings. The van der Waals surface area contributed by atoms with E-state index in [4.69, 9.17) is 4.42 Å². The van der Waals surface area contributed by atoms with E-state index in [1.54, 1.807) is 6.92 Å². The fraction of sp³-hybridized carbons (Fsp3) is 0.0909. The van der Waals surface area contributed by atoms with Crippen molar-refractivity contribution in [2.75, 3.05) is 0 Å². The first-order valence-electron chi connectivity index (χ1n) is 4.79. The van der Waals surface area contributed by atoms with E-state index < -0.39 is 10.7 Å². The van der Waals surface area contributed by atoms with Gasteiger partial charge in [0.15, 0.2) is 0 Å². The van der Waals surface area contributed by atoms with E-state index in [9.17, 15) is 14.9 Å². The van der Waals surface area contributed by atoms with Gasteiger partial charge in [0.25, 0.3) is 11.6 Å². The Labute approximate surface area is 96.0 Å². The highest BCUT2D eigenvalue weighted by atomic mass is 16.6. The van der Waals surface area contributed by atoms with E-state index in [-0.39, 0.29) is 11.6 Å². The Morgan fingerprint density at radius 1 is 1.35 bits per heavy atom. The summed E-state index contributed by atoms with van der Waals surface area (Å²) in [5.41, 5.74) is 0.239. The van der Waals surface area contributed by atoms with Crippen LogP contribution in [0.15, 0.2) is 34.9 Å². The lowest BCUT2D eigenvalue weighted by atomic mass is 10.1. The highest BCUT2D eigenvalue weighted by molar-refractivity contribution is 6.05. The number of hydrogen-bond acceptors (Lipinski definition) is 5. The van der Waals surface area contributed by atoms with Gasteiger partial charge in [0.05, 0.1) is 11.1 Å². The molecule has 0 atom stereocenters. The number of hydrogen-bond donors (Lipinski definition) is 0. The summed E-state index contributed by atoms with van der Waals surface area (Å²) in [4.78, 5) is 25.5. The Hall–Kier alpha value is -2.50. The molecule has 6 heteroatoms. The molecular weight excluding hydrogens is 224 g/mol. The number of non-ortho nitro benzene ring substituents is 1. The van der Waals surface area contributed by atoms with Gasteiger partial charge in [-0.15, -0.1) is 0 Å². The summed E-state index contributed by atoms with van der Waals surface area (Å²) in [6, 6.07) is 5.28. The number of nitro groups is 1. The summed E-state index contributed by atoms with van der Waals surface area (Å²) in [5.74, 6) is 0.125. The maximum atomic E-state index is 11.8. The molecule has 0 amide bonds. The van der Waals surface area contributed by atoms with Gasteiger partial charge in [-0.2, -0.15) is 0 Å². The van der Waals surface area contributed by atoms with Crippen LogP contribution in [0.1, 0.15) is 22.0 Å². The minimum Gasteiger partial charge on any atom is -0.439 e. The molecule has 0 spiro atoms. The van der Waals surface area contributed by atoms with Gasteiger partial charge in [0.1, 0.15) is 5.76 Å². The maximum Gasteiger partial charge on any atom is 0.269 e. The number of rotatable bonds is 3. The van der Waals surface area contributed by atoms with Crippen molar-refractivity contribution in [2.24, 2.45) is 0 Å². The maximum absolute atomic E-state index is 11.8. The van der Waals surface area contributed by atoms with Crippen LogP contribution in [0.2, 0.25) is 0 Å². The smallest absolute Gasteiger partial charge is 0.269 e. The number of benzene rings is 1. The largest absolute Gasteiger partial charge is 0.439 e. The highest BCUT2D eigenvalue weighted by Gasteiger charge is 2.15. The fourth-order valence-corrected chi connectivity index (χ4v) is 1.32. The third-order valence-electron chi connectivity index (χ3n) is 2.16. The van der Waals surface area contributed by atoms with E-state index in [1.165, 1.54) is 30.5 Å². The van der Waals surface area contributed by atoms with Gasteiger partial charge in [0, 0.05) is 17.7 Å². The highest BCUT2D eigenvalue weighted by Crippen LogP contribution is 2.15. The molecular formula is C11H8N2O4. The van der Waals surface area contributed by atoms with Crippen molar-refractivity contribution in [3.8, 4) is 0 Å². The topological polar surface area (TPSA) is 86.2 Å². The van der Waals surface area contributed by atoms with Crippen LogP contribution in [0.25, 0.3) is 0 Å². The number of carbonyl (C=O) groups excluding carboxylic acids is 1. The van der Waals surface area contributed by atoms with E-state index in [0.29, 0.717) is 11.3 Å². The summed E-state index contributed by atoms with van der Waals surface area (Å²) in [6.07, 6.45) is 1.44. The molecule has 0 bridgehead atoms. The van der Waals surface area contributed by atoms with Gasteiger partial charge >= 0.3 is 0 Å². The number of aromatic nitrogens is 1. The third-order valence-corrected chi connectivity index (χ3v) is 2.16. The van der Waals surface area contributed by atoms with Crippen molar-refractivity contribution in [3.05, 3.63) is 57.8 Å². The number of ketones is 1. The lowest BCUT2D eigenvalue weighted by Crippen LogP contribution is -2.01. The zero-order chi connectivity index (χ0) is 12.4. The SMILES string of the molecule is Cc1cnc(C(=O)c2ccc([N+](=O)[O-])cc2)o1. The fourth-order valence-electron chi connectivity index (χ4n) is 1.32. The molecule has 6 nitrogen and oxygen atoms in total. The van der Waals surface area contributed by atoms with Crippen LogP contribution in [-0.2, 0) is 0 Å². The van der Waals surface area contributed by atoms with Crippen molar-refractivity contribution in [3.63, 3.8) is 0 Å². The number of nitrogens with zero attached hydrogens (tertiary/aromatic N) is 2. The first-order valence-corrected chi connectivity index (χ1v) is 4.79. The molecule has 0 unspecified atom stereocenters. The van der Waals surface area contributed by atoms with E-state index >= 15 is 0 Å². The predicted octanol–water partition coefficient (Wildman–Crippen LogP) is 2.12. The Bertz CT molecular complexity index is 571. The molecule has 17 heavy (non-hydrogen) atoms. The van der Waals surface area contributed by atoms with Crippen LogP contribution < -0.4 is 0 Å². The second-order valence-corrected chi connectivity index (χ2v) is 3.41. The molecule has 0 aliphatic rings. The number of oxazole rings is 1. The Balaban J connectivity index is 2.29. The van der Waals surface area contributed by atoms with Crippen LogP contribution in [0.4, 0.5) is 5.69 Å². The number of aryl methyl sites for hydroxylation is 1. The van der Waals surface area contributed by atoms with Crippen LogP contribution in [-0.4, -0.2) is 15.7 Å². The zero-order valence-corrected chi connectivity index (χ0v) is 8.91. The van der Waals surface area contributed by atoms with Gasteiger partial charge in [-0.1, -0.05) is 0 Å². The lowest BCUT2D eigenvalue weighted by molar-refractivity contribution is -0.384. The van der Waals surface area contributed by atoms with Crippen LogP contribution in [0.5, 0.6) is 0 Å². The average Bonchev–Trinajstić information content (AvgIpc) is 2.75. The molecule has 1 heterocycles. The monoisotopic (exact) mass is 232 g/mol. The van der Waals surface area contributed by atoms with Crippen molar-refractivity contribution in [1.82, 2.24) is 4.98 Å². The second kappa shape index (κ2) is 4.17. The average molecular weight is 232 g/mol. The Morgan fingerprint density at radius 2 is 2.00 bits per heavy atom. The Morgan fingerprint density at radius 3 is 2.47 bits per heavy atom. The van der Waals surface area contributed by atoms with Gasteiger partial charge in [0.2, 0.25) is 5.78 Å². The molecule has 1 aromatic carbocycles. The molecule has 2 aromatic rings. The molecule has 0 N–H and O–H groups in total. The van der Waals surface area contributed by atoms with Crippen LogP contribution >= 0.6 is 0 Å². The summed E-state index contributed by atoms with van der Waals surface area (Å²) >= 11 is 0. The van der Waals surface area contributed by atoms with Gasteiger partial charge in [-0.3, -0.25) is 14.9 Å². The van der Waals surface area contributed by atoms with Gasteiger partial charge < -0.3 is 4.42 Å². The second-order valence-electron chi connectivity index (χ2n) is 3.41. The van der Waals surface area contributed by atoms with Crippen molar-refractivity contribution >= 4 is 11.5 Å². The number of nitro benzene ring substituents is 1. The summed E-state index contributed by atoms with van der Waals surface area (Å²) < 4.78 is 5.08. The molecule has 0 aliphatic carbocycles. The van der Waals surface area contributed by atoms with E-state index in [1.807, 2.05) is 0 Å². The van der Waals surface area contributed by atoms with E-state index in [2.05, 4.69) is 4.98 Å². The predicted molar refractivity (Wildman–Crippen MR) is 57.8 cm³/mol. The van der Waals surface area contributed by atoms with Crippen LogP contribution in [0.3, 0.4) is 0 Å². The Kier molecular flexibility index (Phi) is 2.70. The first kappa shape index (κ1) is 11.0. The standard InChI is InChI=1S/C11H8N2O4/c1-7-6-12-11(17-7)10(14)8-2-4-9(5-3-8)13(15)16/h2-6H,1H3. The molecule has 1 aromatic heterocycles. The molecule has 86 valence electrons. The summed E-state index contributed by atoms with van der Waals surface area (Å²) in [6.45, 7) is 1.68. The third kappa shape index (κ3) is 2.20. The number of carbonyl (C=O) groups is 1. The molecule has 2 rings (SSSR count). The minimum absolute atomic E-state index is 0.0173. The quantitative estimate of drug-likeness (QED) is 0.459. The van der Waals surface area contributed by atoms with Gasteiger partial charge in [-0.25, -0.2) is 4.98 Å². The molecule has 0 saturated carbocycles. The summed E-state index contributed by atoms with van der Waals surface area (Å²) in [7, 11) is 0. The van der Waals surface area contributed by atoms with Crippen molar-refractivity contribution in [1.29, 1.82) is 0 Å². The van der Waals surface area contributed by atoms with Crippen molar-refractivity contribution < 1.29 is 14.1 Å². The minimum atomic E-state index is -0.524. The van der Waals surface area contributed by atoms with Gasteiger partial charge in [-0.05, 0) is 19.1 Å².